The van der Waals surface area contributed by atoms with Gasteiger partial charge in [0.2, 0.25) is 5.91 Å². The Morgan fingerprint density at radius 1 is 1.07 bits per heavy atom. The molecule has 2 aromatic carbocycles. The summed E-state index contributed by atoms with van der Waals surface area (Å²) in [6, 6.07) is 15.0. The third-order valence-corrected chi connectivity index (χ3v) is 4.42. The van der Waals surface area contributed by atoms with Crippen molar-refractivity contribution in [2.75, 3.05) is 0 Å². The number of benzene rings is 2. The number of nitrogens with two attached hydrogens (primary N) is 1. The number of carboxylic acids is 1. The average molecular weight is 366 g/mol. The number of amides is 1. The second-order valence-corrected chi connectivity index (χ2v) is 6.31. The van der Waals surface area contributed by atoms with Crippen LogP contribution in [0.2, 0.25) is 0 Å². The molecule has 1 heterocycles. The molecule has 0 radical (unpaired) electrons. The Hall–Kier alpha value is -3.41. The number of aryl methyl sites for hydroxylation is 2. The van der Waals surface area contributed by atoms with E-state index in [2.05, 4.69) is 0 Å². The number of carbonyl (C=O) groups excluding carboxylic acids is 1. The molecule has 0 saturated carbocycles. The van der Waals surface area contributed by atoms with E-state index in [-0.39, 0.29) is 12.2 Å². The van der Waals surface area contributed by atoms with Gasteiger partial charge >= 0.3 is 5.97 Å². The molecule has 0 aliphatic rings. The zero-order chi connectivity index (χ0) is 19.6. The van der Waals surface area contributed by atoms with Gasteiger partial charge < -0.3 is 15.4 Å². The smallest absolute Gasteiger partial charge is 0.303 e. The zero-order valence-electron chi connectivity index (χ0n) is 14.8. The fourth-order valence-electron chi connectivity index (χ4n) is 3.10. The summed E-state index contributed by atoms with van der Waals surface area (Å²) in [6.07, 6.45) is 0.332. The molecule has 0 fully saturated rings. The molecule has 0 atom stereocenters. The predicted octanol–water partition coefficient (Wildman–Crippen LogP) is 3.71. The van der Waals surface area contributed by atoms with Gasteiger partial charge in [-0.2, -0.15) is 0 Å². The van der Waals surface area contributed by atoms with Crippen LogP contribution >= 0.6 is 0 Å². The first-order chi connectivity index (χ1) is 12.9. The average Bonchev–Trinajstić information content (AvgIpc) is 3.04. The van der Waals surface area contributed by atoms with Gasteiger partial charge in [0.25, 0.3) is 0 Å². The van der Waals surface area contributed by atoms with Gasteiger partial charge in [-0.05, 0) is 79.1 Å². The number of hydrogen-bond acceptors (Lipinski definition) is 2. The Kier molecular flexibility index (Phi) is 5.07. The maximum Gasteiger partial charge on any atom is 0.303 e. The number of rotatable bonds is 6. The molecule has 0 bridgehead atoms. The van der Waals surface area contributed by atoms with Crippen molar-refractivity contribution >= 4 is 11.9 Å². The van der Waals surface area contributed by atoms with E-state index in [0.29, 0.717) is 12.0 Å². The number of halogens is 1. The van der Waals surface area contributed by atoms with Crippen LogP contribution in [-0.4, -0.2) is 21.6 Å². The molecule has 3 N–H and O–H groups in total. The number of aliphatic carboxylic acids is 1. The topological polar surface area (TPSA) is 85.3 Å². The van der Waals surface area contributed by atoms with E-state index in [1.807, 2.05) is 23.6 Å². The Morgan fingerprint density at radius 3 is 2.37 bits per heavy atom. The van der Waals surface area contributed by atoms with Gasteiger partial charge in [-0.1, -0.05) is 0 Å². The van der Waals surface area contributed by atoms with Crippen LogP contribution in [-0.2, 0) is 11.2 Å². The molecule has 0 saturated heterocycles. The van der Waals surface area contributed by atoms with Crippen LogP contribution < -0.4 is 5.73 Å². The fourth-order valence-corrected chi connectivity index (χ4v) is 3.10. The van der Waals surface area contributed by atoms with E-state index in [1.54, 1.807) is 30.3 Å². The highest BCUT2D eigenvalue weighted by atomic mass is 19.1. The van der Waals surface area contributed by atoms with Crippen LogP contribution in [0, 0.1) is 12.7 Å². The minimum Gasteiger partial charge on any atom is -0.481 e. The second kappa shape index (κ2) is 7.45. The molecule has 0 unspecified atom stereocenters. The lowest BCUT2D eigenvalue weighted by Crippen LogP contribution is -2.12. The van der Waals surface area contributed by atoms with Gasteiger partial charge in [-0.15, -0.1) is 0 Å². The number of aromatic nitrogens is 1. The van der Waals surface area contributed by atoms with Crippen molar-refractivity contribution in [1.29, 1.82) is 0 Å². The molecule has 6 heteroatoms. The number of carboxylic acid groups (broad SMARTS) is 1. The minimum absolute atomic E-state index is 0.00864. The highest BCUT2D eigenvalue weighted by molar-refractivity contribution is 5.93. The van der Waals surface area contributed by atoms with Gasteiger partial charge in [0.15, 0.2) is 0 Å². The number of carbonyl (C=O) groups is 2. The Morgan fingerprint density at radius 2 is 1.78 bits per heavy atom. The molecule has 27 heavy (non-hydrogen) atoms. The van der Waals surface area contributed by atoms with Gasteiger partial charge in [-0.3, -0.25) is 9.59 Å². The van der Waals surface area contributed by atoms with E-state index in [9.17, 15) is 14.0 Å². The van der Waals surface area contributed by atoms with Crippen LogP contribution in [0.1, 0.15) is 28.0 Å². The fraction of sp³-hybridized carbons (Fsp3) is 0.143. The highest BCUT2D eigenvalue weighted by Crippen LogP contribution is 2.29. The van der Waals surface area contributed by atoms with Crippen molar-refractivity contribution in [3.8, 4) is 16.9 Å². The molecule has 1 aromatic heterocycles. The molecule has 5 nitrogen and oxygen atoms in total. The van der Waals surface area contributed by atoms with Crippen LogP contribution in [0.3, 0.4) is 0 Å². The van der Waals surface area contributed by atoms with Gasteiger partial charge in [-0.25, -0.2) is 4.39 Å². The van der Waals surface area contributed by atoms with Gasteiger partial charge in [0.1, 0.15) is 5.82 Å². The van der Waals surface area contributed by atoms with E-state index < -0.39 is 11.9 Å². The van der Waals surface area contributed by atoms with Crippen LogP contribution in [0.15, 0.2) is 54.6 Å². The lowest BCUT2D eigenvalue weighted by molar-refractivity contribution is -0.136. The van der Waals surface area contributed by atoms with E-state index >= 15 is 0 Å². The summed E-state index contributed by atoms with van der Waals surface area (Å²) in [6.45, 7) is 1.86. The number of hydrogen-bond donors (Lipinski definition) is 2. The molecule has 3 rings (SSSR count). The lowest BCUT2D eigenvalue weighted by Gasteiger charge is -2.17. The first kappa shape index (κ1) is 18.4. The quantitative estimate of drug-likeness (QED) is 0.697. The van der Waals surface area contributed by atoms with Crippen molar-refractivity contribution in [2.45, 2.75) is 19.8 Å². The standard InChI is InChI=1S/C21H19FN2O3/c1-13-12-15(21(23)27)4-9-18(13)24-17(8-11-20(25)26)7-10-19(24)14-2-5-16(22)6-3-14/h2-7,9-10,12H,8,11H2,1H3,(H2,23,27)(H,25,26). The summed E-state index contributed by atoms with van der Waals surface area (Å²) in [5.74, 6) is -1.72. The lowest BCUT2D eigenvalue weighted by atomic mass is 10.1. The Labute approximate surface area is 155 Å². The minimum atomic E-state index is -0.883. The van der Waals surface area contributed by atoms with Crippen molar-refractivity contribution < 1.29 is 19.1 Å². The third-order valence-electron chi connectivity index (χ3n) is 4.42. The van der Waals surface area contributed by atoms with Crippen molar-refractivity contribution in [3.63, 3.8) is 0 Å². The molecular weight excluding hydrogens is 347 g/mol. The zero-order valence-corrected chi connectivity index (χ0v) is 14.8. The summed E-state index contributed by atoms with van der Waals surface area (Å²) in [5, 5.41) is 9.04. The van der Waals surface area contributed by atoms with Crippen LogP contribution in [0.5, 0.6) is 0 Å². The first-order valence-corrected chi connectivity index (χ1v) is 8.46. The maximum atomic E-state index is 13.3. The van der Waals surface area contributed by atoms with E-state index in [0.717, 1.165) is 28.2 Å². The maximum absolute atomic E-state index is 13.3. The SMILES string of the molecule is Cc1cc(C(N)=O)ccc1-n1c(CCC(=O)O)ccc1-c1ccc(F)cc1. The normalized spacial score (nSPS) is 10.7. The molecular formula is C21H19FN2O3. The summed E-state index contributed by atoms with van der Waals surface area (Å²) < 4.78 is 15.2. The third kappa shape index (κ3) is 3.89. The number of nitrogens with zero attached hydrogens (tertiary/aromatic N) is 1. The molecule has 3 aromatic rings. The number of primary amides is 1. The Balaban J connectivity index is 2.15. The van der Waals surface area contributed by atoms with E-state index in [4.69, 9.17) is 10.8 Å². The largest absolute Gasteiger partial charge is 0.481 e. The highest BCUT2D eigenvalue weighted by Gasteiger charge is 2.15. The van der Waals surface area contributed by atoms with Crippen molar-refractivity contribution in [1.82, 2.24) is 4.57 Å². The van der Waals surface area contributed by atoms with Crippen molar-refractivity contribution in [2.24, 2.45) is 5.73 Å². The monoisotopic (exact) mass is 366 g/mol. The molecule has 0 aliphatic heterocycles. The molecule has 138 valence electrons. The molecule has 1 amide bonds. The summed E-state index contributed by atoms with van der Waals surface area (Å²) >= 11 is 0. The van der Waals surface area contributed by atoms with Gasteiger partial charge in [0, 0.05) is 16.9 Å². The molecule has 0 aliphatic carbocycles. The summed E-state index contributed by atoms with van der Waals surface area (Å²) in [4.78, 5) is 22.4. The van der Waals surface area contributed by atoms with Gasteiger partial charge in [0.05, 0.1) is 12.1 Å². The molecule has 0 spiro atoms. The van der Waals surface area contributed by atoms with Crippen LogP contribution in [0.25, 0.3) is 16.9 Å². The van der Waals surface area contributed by atoms with Crippen molar-refractivity contribution in [3.05, 3.63) is 77.2 Å². The first-order valence-electron chi connectivity index (χ1n) is 8.46. The van der Waals surface area contributed by atoms with Crippen LogP contribution in [0.4, 0.5) is 4.39 Å². The second-order valence-electron chi connectivity index (χ2n) is 6.31. The summed E-state index contributed by atoms with van der Waals surface area (Å²) in [5.41, 5.74) is 9.81. The summed E-state index contributed by atoms with van der Waals surface area (Å²) in [7, 11) is 0. The Bertz CT molecular complexity index is 1010. The predicted molar refractivity (Wildman–Crippen MR) is 100 cm³/mol. The van der Waals surface area contributed by atoms with E-state index in [1.165, 1.54) is 12.1 Å².